The topological polar surface area (TPSA) is 45.2 Å². The Kier molecular flexibility index (Phi) is 5.54. The van der Waals surface area contributed by atoms with Gasteiger partial charge in [0.2, 0.25) is 0 Å². The van der Waals surface area contributed by atoms with Gasteiger partial charge in [-0.1, -0.05) is 6.07 Å². The average Bonchev–Trinajstić information content (AvgIpc) is 2.90. The number of pyridine rings is 1. The number of hydrogen-bond acceptors (Lipinski definition) is 3. The largest absolute Gasteiger partial charge is 0.330 e. The average molecular weight is 327 g/mol. The molecule has 5 heteroatoms. The minimum atomic E-state index is -0.332. The van der Waals surface area contributed by atoms with E-state index in [0.717, 1.165) is 38.0 Å². The van der Waals surface area contributed by atoms with Crippen LogP contribution in [0.3, 0.4) is 0 Å². The Labute approximate surface area is 141 Å². The third-order valence-electron chi connectivity index (χ3n) is 4.40. The molecule has 1 aliphatic heterocycles. The second-order valence-corrected chi connectivity index (χ2v) is 6.10. The molecule has 1 fully saturated rings. The van der Waals surface area contributed by atoms with E-state index in [1.807, 2.05) is 23.1 Å². The Morgan fingerprint density at radius 3 is 2.75 bits per heavy atom. The molecule has 3 rings (SSSR count). The lowest BCUT2D eigenvalue weighted by Gasteiger charge is -2.31. The number of benzene rings is 1. The number of nitrogens with one attached hydrogen (secondary N) is 1. The van der Waals surface area contributed by atoms with Gasteiger partial charge in [0.1, 0.15) is 5.82 Å². The Balaban J connectivity index is 1.85. The molecule has 1 unspecified atom stereocenters. The smallest absolute Gasteiger partial charge is 0.254 e. The molecule has 1 N–H and O–H groups in total. The third-order valence-corrected chi connectivity index (χ3v) is 4.40. The normalized spacial score (nSPS) is 18.0. The molecule has 0 bridgehead atoms. The summed E-state index contributed by atoms with van der Waals surface area (Å²) in [5, 5.41) is 3.38. The van der Waals surface area contributed by atoms with Crippen LogP contribution in [0.25, 0.3) is 0 Å². The van der Waals surface area contributed by atoms with Crippen molar-refractivity contribution in [2.75, 3.05) is 13.1 Å². The summed E-state index contributed by atoms with van der Waals surface area (Å²) in [5.41, 5.74) is 1.38. The summed E-state index contributed by atoms with van der Waals surface area (Å²) in [6, 6.07) is 11.7. The molecule has 24 heavy (non-hydrogen) atoms. The molecule has 1 aliphatic rings. The van der Waals surface area contributed by atoms with E-state index in [2.05, 4.69) is 10.3 Å². The van der Waals surface area contributed by atoms with E-state index < -0.39 is 0 Å². The fourth-order valence-corrected chi connectivity index (χ4v) is 3.10. The van der Waals surface area contributed by atoms with Crippen LogP contribution in [-0.2, 0) is 6.54 Å². The van der Waals surface area contributed by atoms with E-state index in [1.54, 1.807) is 18.3 Å². The van der Waals surface area contributed by atoms with Gasteiger partial charge in [0.25, 0.3) is 5.91 Å². The number of carbonyl (C=O) groups is 1. The predicted octanol–water partition coefficient (Wildman–Crippen LogP) is 3.01. The van der Waals surface area contributed by atoms with Crippen molar-refractivity contribution in [2.45, 2.75) is 31.8 Å². The number of aromatic nitrogens is 1. The van der Waals surface area contributed by atoms with Gasteiger partial charge in [-0.15, -0.1) is 0 Å². The summed E-state index contributed by atoms with van der Waals surface area (Å²) in [4.78, 5) is 19.3. The number of rotatable bonds is 4. The summed E-state index contributed by atoms with van der Waals surface area (Å²) in [6.45, 7) is 2.36. The number of hydrogen-bond donors (Lipinski definition) is 1. The van der Waals surface area contributed by atoms with E-state index in [-0.39, 0.29) is 17.8 Å². The van der Waals surface area contributed by atoms with Crippen LogP contribution in [-0.4, -0.2) is 34.9 Å². The van der Waals surface area contributed by atoms with Crippen molar-refractivity contribution in [2.24, 2.45) is 0 Å². The standard InChI is InChI=1S/C19H22FN3O/c20-16-8-6-15(7-9-16)19(24)23(14-17-4-1-2-12-22-17)18-5-3-11-21-13-10-18/h1-2,4,6-9,12,18,21H,3,5,10-11,13-14H2. The number of nitrogens with zero attached hydrogens (tertiary/aromatic N) is 2. The van der Waals surface area contributed by atoms with Gasteiger partial charge < -0.3 is 10.2 Å². The predicted molar refractivity (Wildman–Crippen MR) is 91.0 cm³/mol. The first kappa shape index (κ1) is 16.6. The Hall–Kier alpha value is -2.27. The monoisotopic (exact) mass is 327 g/mol. The fourth-order valence-electron chi connectivity index (χ4n) is 3.10. The van der Waals surface area contributed by atoms with Crippen molar-refractivity contribution in [3.05, 3.63) is 65.7 Å². The molecular formula is C19H22FN3O. The summed E-state index contributed by atoms with van der Waals surface area (Å²) >= 11 is 0. The highest BCUT2D eigenvalue weighted by atomic mass is 19.1. The van der Waals surface area contributed by atoms with Crippen LogP contribution in [0.4, 0.5) is 4.39 Å². The van der Waals surface area contributed by atoms with E-state index >= 15 is 0 Å². The van der Waals surface area contributed by atoms with Crippen LogP contribution in [0.2, 0.25) is 0 Å². The molecule has 1 aromatic heterocycles. The van der Waals surface area contributed by atoms with Crippen molar-refractivity contribution >= 4 is 5.91 Å². The molecular weight excluding hydrogens is 305 g/mol. The second-order valence-electron chi connectivity index (χ2n) is 6.10. The van der Waals surface area contributed by atoms with Gasteiger partial charge >= 0.3 is 0 Å². The number of amides is 1. The lowest BCUT2D eigenvalue weighted by molar-refractivity contribution is 0.0642. The Morgan fingerprint density at radius 2 is 2.00 bits per heavy atom. The van der Waals surface area contributed by atoms with Gasteiger partial charge in [0.15, 0.2) is 0 Å². The zero-order chi connectivity index (χ0) is 16.8. The number of carbonyl (C=O) groups excluding carboxylic acids is 1. The SMILES string of the molecule is O=C(c1ccc(F)cc1)N(Cc1ccccn1)C1CCCNCC1. The first-order valence-corrected chi connectivity index (χ1v) is 8.41. The molecule has 2 heterocycles. The van der Waals surface area contributed by atoms with Crippen LogP contribution in [0.5, 0.6) is 0 Å². The summed E-state index contributed by atoms with van der Waals surface area (Å²) in [6.07, 6.45) is 4.66. The van der Waals surface area contributed by atoms with E-state index in [0.29, 0.717) is 12.1 Å². The van der Waals surface area contributed by atoms with Crippen LogP contribution < -0.4 is 5.32 Å². The summed E-state index contributed by atoms with van der Waals surface area (Å²) < 4.78 is 13.2. The third kappa shape index (κ3) is 4.17. The minimum Gasteiger partial charge on any atom is -0.330 e. The quantitative estimate of drug-likeness (QED) is 0.939. The van der Waals surface area contributed by atoms with Crippen molar-refractivity contribution in [1.82, 2.24) is 15.2 Å². The molecule has 0 saturated carbocycles. The van der Waals surface area contributed by atoms with Gasteiger partial charge in [0, 0.05) is 17.8 Å². The van der Waals surface area contributed by atoms with Gasteiger partial charge in [0.05, 0.1) is 12.2 Å². The molecule has 1 aromatic carbocycles. The highest BCUT2D eigenvalue weighted by molar-refractivity contribution is 5.94. The van der Waals surface area contributed by atoms with Crippen molar-refractivity contribution in [3.8, 4) is 0 Å². The summed E-state index contributed by atoms with van der Waals surface area (Å²) in [7, 11) is 0. The van der Waals surface area contributed by atoms with Gasteiger partial charge in [-0.2, -0.15) is 0 Å². The first-order chi connectivity index (χ1) is 11.7. The van der Waals surface area contributed by atoms with Gasteiger partial charge in [-0.25, -0.2) is 4.39 Å². The maximum absolute atomic E-state index is 13.2. The van der Waals surface area contributed by atoms with E-state index in [4.69, 9.17) is 0 Å². The molecule has 4 nitrogen and oxygen atoms in total. The second kappa shape index (κ2) is 8.02. The lowest BCUT2D eigenvalue weighted by Crippen LogP contribution is -2.40. The minimum absolute atomic E-state index is 0.0625. The highest BCUT2D eigenvalue weighted by Gasteiger charge is 2.26. The lowest BCUT2D eigenvalue weighted by atomic mass is 10.0. The molecule has 0 radical (unpaired) electrons. The van der Waals surface area contributed by atoms with Crippen molar-refractivity contribution in [3.63, 3.8) is 0 Å². The van der Waals surface area contributed by atoms with Crippen LogP contribution in [0.1, 0.15) is 35.3 Å². The Bertz CT molecular complexity index is 652. The zero-order valence-electron chi connectivity index (χ0n) is 13.6. The van der Waals surface area contributed by atoms with Gasteiger partial charge in [-0.3, -0.25) is 9.78 Å². The van der Waals surface area contributed by atoms with Crippen LogP contribution >= 0.6 is 0 Å². The van der Waals surface area contributed by atoms with Crippen LogP contribution in [0, 0.1) is 5.82 Å². The molecule has 0 aliphatic carbocycles. The molecule has 1 saturated heterocycles. The highest BCUT2D eigenvalue weighted by Crippen LogP contribution is 2.19. The van der Waals surface area contributed by atoms with E-state index in [9.17, 15) is 9.18 Å². The molecule has 1 atom stereocenters. The van der Waals surface area contributed by atoms with Crippen molar-refractivity contribution < 1.29 is 9.18 Å². The molecule has 1 amide bonds. The summed E-state index contributed by atoms with van der Waals surface area (Å²) in [5.74, 6) is -0.394. The van der Waals surface area contributed by atoms with Gasteiger partial charge in [-0.05, 0) is 68.8 Å². The molecule has 2 aromatic rings. The zero-order valence-corrected chi connectivity index (χ0v) is 13.6. The first-order valence-electron chi connectivity index (χ1n) is 8.41. The van der Waals surface area contributed by atoms with E-state index in [1.165, 1.54) is 12.1 Å². The molecule has 126 valence electrons. The maximum Gasteiger partial charge on any atom is 0.254 e. The number of halogens is 1. The van der Waals surface area contributed by atoms with Crippen LogP contribution in [0.15, 0.2) is 48.7 Å². The Morgan fingerprint density at radius 1 is 1.17 bits per heavy atom. The fraction of sp³-hybridized carbons (Fsp3) is 0.368. The van der Waals surface area contributed by atoms with Crippen molar-refractivity contribution in [1.29, 1.82) is 0 Å². The maximum atomic E-state index is 13.2. The molecule has 0 spiro atoms.